The van der Waals surface area contributed by atoms with Crippen molar-refractivity contribution < 1.29 is 14.7 Å². The Kier molecular flexibility index (Phi) is 3.44. The fraction of sp³-hybridized carbons (Fsp3) is 0.312. The monoisotopic (exact) mass is 299 g/mol. The SMILES string of the molecule is Cc1cc(C)c(C(=O)O)cc1NC(=O)c1cc(C2CC2)[nH]n1. The molecule has 0 spiro atoms. The third-order valence-corrected chi connectivity index (χ3v) is 3.90. The molecule has 1 heterocycles. The quantitative estimate of drug-likeness (QED) is 0.809. The summed E-state index contributed by atoms with van der Waals surface area (Å²) in [7, 11) is 0. The number of H-pyrrole nitrogens is 1. The predicted octanol–water partition coefficient (Wildman–Crippen LogP) is 2.85. The molecule has 0 bridgehead atoms. The molecule has 1 amide bonds. The zero-order chi connectivity index (χ0) is 15.9. The van der Waals surface area contributed by atoms with Crippen molar-refractivity contribution >= 4 is 17.6 Å². The maximum Gasteiger partial charge on any atom is 0.336 e. The molecular weight excluding hydrogens is 282 g/mol. The lowest BCUT2D eigenvalue weighted by Crippen LogP contribution is -2.14. The highest BCUT2D eigenvalue weighted by molar-refractivity contribution is 6.04. The Morgan fingerprint density at radius 2 is 1.95 bits per heavy atom. The lowest BCUT2D eigenvalue weighted by atomic mass is 10.0. The number of aryl methyl sites for hydroxylation is 2. The van der Waals surface area contributed by atoms with Crippen molar-refractivity contribution in [3.05, 3.63) is 46.3 Å². The molecule has 0 saturated heterocycles. The van der Waals surface area contributed by atoms with Crippen molar-refractivity contribution in [2.24, 2.45) is 0 Å². The molecule has 2 aromatic rings. The number of anilines is 1. The highest BCUT2D eigenvalue weighted by Crippen LogP contribution is 2.39. The number of rotatable bonds is 4. The molecule has 0 unspecified atom stereocenters. The van der Waals surface area contributed by atoms with E-state index in [4.69, 9.17) is 0 Å². The van der Waals surface area contributed by atoms with E-state index in [9.17, 15) is 14.7 Å². The van der Waals surface area contributed by atoms with Crippen LogP contribution in [0.25, 0.3) is 0 Å². The van der Waals surface area contributed by atoms with Gasteiger partial charge in [-0.15, -0.1) is 0 Å². The zero-order valence-electron chi connectivity index (χ0n) is 12.4. The maximum atomic E-state index is 12.2. The summed E-state index contributed by atoms with van der Waals surface area (Å²) in [5, 5.41) is 18.8. The standard InChI is InChI=1S/C16H17N3O3/c1-8-5-9(2)12(6-11(8)16(21)22)17-15(20)14-7-13(18-19-14)10-3-4-10/h5-7,10H,3-4H2,1-2H3,(H,17,20)(H,18,19)(H,21,22). The van der Waals surface area contributed by atoms with Crippen LogP contribution in [0.15, 0.2) is 18.2 Å². The second kappa shape index (κ2) is 5.29. The molecule has 3 rings (SSSR count). The molecule has 1 fully saturated rings. The zero-order valence-corrected chi connectivity index (χ0v) is 12.4. The van der Waals surface area contributed by atoms with Gasteiger partial charge in [0, 0.05) is 17.3 Å². The summed E-state index contributed by atoms with van der Waals surface area (Å²) in [6, 6.07) is 4.99. The second-order valence-electron chi connectivity index (χ2n) is 5.72. The van der Waals surface area contributed by atoms with E-state index in [1.165, 1.54) is 6.07 Å². The molecular formula is C16H17N3O3. The van der Waals surface area contributed by atoms with Crippen molar-refractivity contribution in [3.8, 4) is 0 Å². The van der Waals surface area contributed by atoms with Gasteiger partial charge in [0.2, 0.25) is 0 Å². The van der Waals surface area contributed by atoms with Gasteiger partial charge in [-0.3, -0.25) is 9.89 Å². The molecule has 0 aliphatic heterocycles. The normalized spacial score (nSPS) is 13.9. The number of aromatic amines is 1. The first-order chi connectivity index (χ1) is 10.5. The maximum absolute atomic E-state index is 12.2. The number of nitrogens with one attached hydrogen (secondary N) is 2. The van der Waals surface area contributed by atoms with Crippen molar-refractivity contribution in [1.82, 2.24) is 10.2 Å². The number of nitrogens with zero attached hydrogens (tertiary/aromatic N) is 1. The summed E-state index contributed by atoms with van der Waals surface area (Å²) < 4.78 is 0. The van der Waals surface area contributed by atoms with Crippen LogP contribution in [0.3, 0.4) is 0 Å². The van der Waals surface area contributed by atoms with Gasteiger partial charge >= 0.3 is 5.97 Å². The van der Waals surface area contributed by atoms with Crippen LogP contribution in [0.5, 0.6) is 0 Å². The summed E-state index contributed by atoms with van der Waals surface area (Å²) in [6.45, 7) is 3.56. The Hall–Kier alpha value is -2.63. The van der Waals surface area contributed by atoms with Gasteiger partial charge in [0.1, 0.15) is 0 Å². The summed E-state index contributed by atoms with van der Waals surface area (Å²) >= 11 is 0. The van der Waals surface area contributed by atoms with E-state index in [1.54, 1.807) is 19.1 Å². The summed E-state index contributed by atoms with van der Waals surface area (Å²) in [6.07, 6.45) is 2.25. The van der Waals surface area contributed by atoms with Crippen LogP contribution < -0.4 is 5.32 Å². The number of amides is 1. The Bertz CT molecular complexity index is 760. The number of carboxylic acids is 1. The highest BCUT2D eigenvalue weighted by atomic mass is 16.4. The summed E-state index contributed by atoms with van der Waals surface area (Å²) in [5.74, 6) is -0.857. The van der Waals surface area contributed by atoms with E-state index in [1.807, 2.05) is 6.92 Å². The fourth-order valence-electron chi connectivity index (χ4n) is 2.46. The number of hydrogen-bond acceptors (Lipinski definition) is 3. The number of benzene rings is 1. The van der Waals surface area contributed by atoms with Crippen LogP contribution in [0.1, 0.15) is 56.4 Å². The van der Waals surface area contributed by atoms with E-state index in [2.05, 4.69) is 15.5 Å². The Labute approximate surface area is 127 Å². The van der Waals surface area contributed by atoms with E-state index in [0.717, 1.165) is 24.1 Å². The van der Waals surface area contributed by atoms with Crippen LogP contribution >= 0.6 is 0 Å². The van der Waals surface area contributed by atoms with Gasteiger partial charge in [0.05, 0.1) is 5.56 Å². The Morgan fingerprint density at radius 3 is 2.59 bits per heavy atom. The minimum absolute atomic E-state index is 0.182. The molecule has 3 N–H and O–H groups in total. The number of carbonyl (C=O) groups excluding carboxylic acids is 1. The minimum Gasteiger partial charge on any atom is -0.478 e. The summed E-state index contributed by atoms with van der Waals surface area (Å²) in [5.41, 5.74) is 3.45. The van der Waals surface area contributed by atoms with Gasteiger partial charge in [-0.2, -0.15) is 5.10 Å². The van der Waals surface area contributed by atoms with E-state index < -0.39 is 5.97 Å². The summed E-state index contributed by atoms with van der Waals surface area (Å²) in [4.78, 5) is 23.4. The average molecular weight is 299 g/mol. The van der Waals surface area contributed by atoms with Gasteiger partial charge in [-0.05, 0) is 49.9 Å². The average Bonchev–Trinajstić information content (AvgIpc) is 3.18. The number of carbonyl (C=O) groups is 2. The van der Waals surface area contributed by atoms with E-state index in [-0.39, 0.29) is 11.5 Å². The first-order valence-electron chi connectivity index (χ1n) is 7.17. The predicted molar refractivity (Wildman–Crippen MR) is 81.4 cm³/mol. The van der Waals surface area contributed by atoms with Crippen molar-refractivity contribution in [3.63, 3.8) is 0 Å². The van der Waals surface area contributed by atoms with E-state index >= 15 is 0 Å². The minimum atomic E-state index is -1.01. The number of aromatic carboxylic acids is 1. The van der Waals surface area contributed by atoms with Crippen molar-refractivity contribution in [1.29, 1.82) is 0 Å². The van der Waals surface area contributed by atoms with Gasteiger partial charge < -0.3 is 10.4 Å². The number of aromatic nitrogens is 2. The lowest BCUT2D eigenvalue weighted by Gasteiger charge is -2.10. The molecule has 1 aliphatic carbocycles. The molecule has 22 heavy (non-hydrogen) atoms. The van der Waals surface area contributed by atoms with Gasteiger partial charge in [0.25, 0.3) is 5.91 Å². The van der Waals surface area contributed by atoms with Gasteiger partial charge in [-0.1, -0.05) is 6.07 Å². The molecule has 1 saturated carbocycles. The third-order valence-electron chi connectivity index (χ3n) is 3.90. The van der Waals surface area contributed by atoms with Crippen LogP contribution in [0.4, 0.5) is 5.69 Å². The molecule has 0 radical (unpaired) electrons. The number of hydrogen-bond donors (Lipinski definition) is 3. The van der Waals surface area contributed by atoms with Gasteiger partial charge in [-0.25, -0.2) is 4.79 Å². The molecule has 6 heteroatoms. The molecule has 1 aromatic heterocycles. The first-order valence-corrected chi connectivity index (χ1v) is 7.17. The second-order valence-corrected chi connectivity index (χ2v) is 5.72. The Morgan fingerprint density at radius 1 is 1.23 bits per heavy atom. The third kappa shape index (κ3) is 2.72. The van der Waals surface area contributed by atoms with Crippen molar-refractivity contribution in [2.75, 3.05) is 5.32 Å². The topological polar surface area (TPSA) is 95.1 Å². The fourth-order valence-corrected chi connectivity index (χ4v) is 2.46. The van der Waals surface area contributed by atoms with Crippen LogP contribution in [-0.2, 0) is 0 Å². The first kappa shape index (κ1) is 14.3. The molecule has 0 atom stereocenters. The Balaban J connectivity index is 1.83. The van der Waals surface area contributed by atoms with Crippen molar-refractivity contribution in [2.45, 2.75) is 32.6 Å². The van der Waals surface area contributed by atoms with Crippen LogP contribution in [0, 0.1) is 13.8 Å². The van der Waals surface area contributed by atoms with E-state index in [0.29, 0.717) is 22.9 Å². The molecule has 1 aromatic carbocycles. The molecule has 6 nitrogen and oxygen atoms in total. The number of carboxylic acid groups (broad SMARTS) is 1. The lowest BCUT2D eigenvalue weighted by molar-refractivity contribution is 0.0695. The van der Waals surface area contributed by atoms with Gasteiger partial charge in [0.15, 0.2) is 5.69 Å². The smallest absolute Gasteiger partial charge is 0.336 e. The van der Waals surface area contributed by atoms with Crippen LogP contribution in [-0.4, -0.2) is 27.2 Å². The van der Waals surface area contributed by atoms with Crippen LogP contribution in [0.2, 0.25) is 0 Å². The highest BCUT2D eigenvalue weighted by Gasteiger charge is 2.26. The molecule has 1 aliphatic rings. The largest absolute Gasteiger partial charge is 0.478 e. The molecule has 114 valence electrons.